The van der Waals surface area contributed by atoms with E-state index in [0.29, 0.717) is 6.04 Å². The average molecular weight is 134 g/mol. The molecule has 2 fully saturated rings. The largest absolute Gasteiger partial charge is 0.328 e. The molecule has 48 valence electrons. The summed E-state index contributed by atoms with van der Waals surface area (Å²) in [6, 6.07) is 0.573. The van der Waals surface area contributed by atoms with Crippen LogP contribution in [-0.2, 0) is 0 Å². The third kappa shape index (κ3) is 0.848. The second kappa shape index (κ2) is 1.89. The minimum Gasteiger partial charge on any atom is -0.328 e. The van der Waals surface area contributed by atoms with Crippen LogP contribution < -0.4 is 5.73 Å². The van der Waals surface area contributed by atoms with E-state index in [4.69, 9.17) is 5.73 Å². The highest BCUT2D eigenvalue weighted by molar-refractivity contribution is 5.85. The molecule has 0 aromatic rings. The quantitative estimate of drug-likeness (QED) is 0.528. The number of hydrogen-bond acceptors (Lipinski definition) is 1. The molecule has 0 aromatic carbocycles. The Morgan fingerprint density at radius 1 is 1.00 bits per heavy atom. The molecule has 2 N–H and O–H groups in total. The highest BCUT2D eigenvalue weighted by atomic mass is 35.5. The van der Waals surface area contributed by atoms with E-state index in [1.807, 2.05) is 0 Å². The summed E-state index contributed by atoms with van der Waals surface area (Å²) in [7, 11) is 0. The lowest BCUT2D eigenvalue weighted by Crippen LogP contribution is -2.16. The minimum atomic E-state index is 0. The van der Waals surface area contributed by atoms with Gasteiger partial charge >= 0.3 is 0 Å². The van der Waals surface area contributed by atoms with Crippen LogP contribution in [0.3, 0.4) is 0 Å². The van der Waals surface area contributed by atoms with Crippen LogP contribution in [0.2, 0.25) is 0 Å². The van der Waals surface area contributed by atoms with E-state index in [1.165, 1.54) is 19.3 Å². The summed E-state index contributed by atoms with van der Waals surface area (Å²) in [5.74, 6) is 2.13. The molecule has 8 heavy (non-hydrogen) atoms. The van der Waals surface area contributed by atoms with Crippen LogP contribution in [0.25, 0.3) is 0 Å². The monoisotopic (exact) mass is 133 g/mol. The molecule has 2 saturated carbocycles. The number of hydrogen-bond donors (Lipinski definition) is 1. The van der Waals surface area contributed by atoms with Gasteiger partial charge in [-0.25, -0.2) is 0 Å². The fraction of sp³-hybridized carbons (Fsp3) is 1.00. The van der Waals surface area contributed by atoms with Gasteiger partial charge in [-0.1, -0.05) is 0 Å². The topological polar surface area (TPSA) is 26.0 Å². The molecule has 0 radical (unpaired) electrons. The lowest BCUT2D eigenvalue weighted by molar-refractivity contribution is 0.614. The van der Waals surface area contributed by atoms with Gasteiger partial charge in [0, 0.05) is 6.04 Å². The zero-order chi connectivity index (χ0) is 4.85. The van der Waals surface area contributed by atoms with Crippen molar-refractivity contribution in [3.05, 3.63) is 0 Å². The summed E-state index contributed by atoms with van der Waals surface area (Å²) in [5, 5.41) is 0. The summed E-state index contributed by atoms with van der Waals surface area (Å²) >= 11 is 0. The van der Waals surface area contributed by atoms with Crippen LogP contribution in [0.15, 0.2) is 0 Å². The summed E-state index contributed by atoms with van der Waals surface area (Å²) in [6.07, 6.45) is 4.14. The number of nitrogens with two attached hydrogens (primary N) is 1. The second-order valence-electron chi connectivity index (χ2n) is 2.99. The molecule has 0 saturated heterocycles. The first-order chi connectivity index (χ1) is 3.36. The molecule has 2 heteroatoms. The van der Waals surface area contributed by atoms with Gasteiger partial charge in [-0.05, 0) is 31.1 Å². The van der Waals surface area contributed by atoms with Gasteiger partial charge in [-0.3, -0.25) is 0 Å². The summed E-state index contributed by atoms with van der Waals surface area (Å²) in [5.41, 5.74) is 5.66. The van der Waals surface area contributed by atoms with Crippen LogP contribution in [0, 0.1) is 11.8 Å². The van der Waals surface area contributed by atoms with Crippen LogP contribution in [-0.4, -0.2) is 6.04 Å². The normalized spacial score (nSPS) is 49.9. The molecule has 1 nitrogen and oxygen atoms in total. The Morgan fingerprint density at radius 2 is 1.50 bits per heavy atom. The van der Waals surface area contributed by atoms with Gasteiger partial charge < -0.3 is 5.73 Å². The number of fused-ring (bicyclic) bond motifs is 1. The highest BCUT2D eigenvalue weighted by Crippen LogP contribution is 2.50. The van der Waals surface area contributed by atoms with E-state index in [-0.39, 0.29) is 12.4 Å². The fourth-order valence-electron chi connectivity index (χ4n) is 1.76. The second-order valence-corrected chi connectivity index (χ2v) is 2.99. The minimum absolute atomic E-state index is 0. The zero-order valence-electron chi connectivity index (χ0n) is 4.84. The molecular weight excluding hydrogens is 122 g/mol. The van der Waals surface area contributed by atoms with E-state index >= 15 is 0 Å². The van der Waals surface area contributed by atoms with Crippen LogP contribution in [0.5, 0.6) is 0 Å². The standard InChI is InChI=1S/C6H11N.ClH/c7-6-2-4-1-5(4)3-6;/h4-6H,1-3,7H2;1H/t4-,5+,6?;. The third-order valence-corrected chi connectivity index (χ3v) is 2.28. The zero-order valence-corrected chi connectivity index (χ0v) is 5.66. The Morgan fingerprint density at radius 3 is 1.75 bits per heavy atom. The maximum Gasteiger partial charge on any atom is 0.00443 e. The predicted molar refractivity (Wildman–Crippen MR) is 36.1 cm³/mol. The van der Waals surface area contributed by atoms with Gasteiger partial charge in [-0.2, -0.15) is 0 Å². The smallest absolute Gasteiger partial charge is 0.00443 e. The van der Waals surface area contributed by atoms with E-state index in [1.54, 1.807) is 0 Å². The van der Waals surface area contributed by atoms with E-state index < -0.39 is 0 Å². The van der Waals surface area contributed by atoms with Gasteiger partial charge in [-0.15, -0.1) is 12.4 Å². The lowest BCUT2D eigenvalue weighted by atomic mass is 10.2. The van der Waals surface area contributed by atoms with Crippen molar-refractivity contribution in [2.45, 2.75) is 25.3 Å². The molecule has 2 aliphatic rings. The van der Waals surface area contributed by atoms with Crippen molar-refractivity contribution in [2.24, 2.45) is 17.6 Å². The summed E-state index contributed by atoms with van der Waals surface area (Å²) in [6.45, 7) is 0. The molecule has 1 unspecified atom stereocenters. The number of rotatable bonds is 0. The maximum atomic E-state index is 5.66. The molecule has 2 aliphatic carbocycles. The van der Waals surface area contributed by atoms with Crippen molar-refractivity contribution in [3.63, 3.8) is 0 Å². The lowest BCUT2D eigenvalue weighted by Gasteiger charge is -1.99. The first kappa shape index (κ1) is 6.37. The third-order valence-electron chi connectivity index (χ3n) is 2.28. The van der Waals surface area contributed by atoms with Crippen molar-refractivity contribution >= 4 is 12.4 Å². The van der Waals surface area contributed by atoms with Crippen LogP contribution in [0.4, 0.5) is 0 Å². The van der Waals surface area contributed by atoms with Gasteiger partial charge in [0.05, 0.1) is 0 Å². The van der Waals surface area contributed by atoms with Crippen molar-refractivity contribution < 1.29 is 0 Å². The first-order valence-electron chi connectivity index (χ1n) is 3.12. The Labute approximate surface area is 56.0 Å². The molecule has 0 aliphatic heterocycles. The molecule has 3 atom stereocenters. The Bertz CT molecular complexity index is 84.5. The predicted octanol–water partition coefficient (Wildman–Crippen LogP) is 1.17. The molecule has 2 rings (SSSR count). The molecule has 0 heterocycles. The fourth-order valence-corrected chi connectivity index (χ4v) is 1.76. The maximum absolute atomic E-state index is 5.66. The van der Waals surface area contributed by atoms with Gasteiger partial charge in [0.2, 0.25) is 0 Å². The van der Waals surface area contributed by atoms with E-state index in [0.717, 1.165) is 11.8 Å². The molecule has 0 amide bonds. The Kier molecular flexibility index (Phi) is 1.50. The molecule has 0 aromatic heterocycles. The van der Waals surface area contributed by atoms with Crippen LogP contribution >= 0.6 is 12.4 Å². The molecule has 0 spiro atoms. The summed E-state index contributed by atoms with van der Waals surface area (Å²) in [4.78, 5) is 0. The first-order valence-corrected chi connectivity index (χ1v) is 3.12. The SMILES string of the molecule is Cl.NC1C[C@@H]2C[C@@H]2C1. The molecular formula is C6H12ClN. The number of halogens is 1. The van der Waals surface area contributed by atoms with Gasteiger partial charge in [0.25, 0.3) is 0 Å². The van der Waals surface area contributed by atoms with Gasteiger partial charge in [0.15, 0.2) is 0 Å². The van der Waals surface area contributed by atoms with Crippen molar-refractivity contribution in [3.8, 4) is 0 Å². The average Bonchev–Trinajstić information content (AvgIpc) is 2.15. The van der Waals surface area contributed by atoms with Crippen molar-refractivity contribution in [2.75, 3.05) is 0 Å². The molecule has 0 bridgehead atoms. The van der Waals surface area contributed by atoms with Gasteiger partial charge in [0.1, 0.15) is 0 Å². The van der Waals surface area contributed by atoms with Crippen molar-refractivity contribution in [1.82, 2.24) is 0 Å². The summed E-state index contributed by atoms with van der Waals surface area (Å²) < 4.78 is 0. The Hall–Kier alpha value is 0.250. The van der Waals surface area contributed by atoms with E-state index in [2.05, 4.69) is 0 Å². The highest BCUT2D eigenvalue weighted by Gasteiger charge is 2.44. The van der Waals surface area contributed by atoms with E-state index in [9.17, 15) is 0 Å². The van der Waals surface area contributed by atoms with Crippen molar-refractivity contribution in [1.29, 1.82) is 0 Å². The Balaban J connectivity index is 0.000000320. The van der Waals surface area contributed by atoms with Crippen LogP contribution in [0.1, 0.15) is 19.3 Å².